The number of nitrogens with one attached hydrogen (secondary N) is 1. The molecule has 2 rings (SSSR count). The minimum atomic E-state index is -0.188. The average molecular weight is 317 g/mol. The van der Waals surface area contributed by atoms with Gasteiger partial charge in [-0.2, -0.15) is 0 Å². The second kappa shape index (κ2) is 8.34. The minimum absolute atomic E-state index is 0.0434. The molecule has 4 nitrogen and oxygen atoms in total. The van der Waals surface area contributed by atoms with E-state index in [0.717, 1.165) is 16.3 Å². The zero-order valence-corrected chi connectivity index (χ0v) is 13.5. The van der Waals surface area contributed by atoms with Crippen LogP contribution in [0, 0.1) is 0 Å². The fourth-order valence-corrected chi connectivity index (χ4v) is 2.64. The van der Waals surface area contributed by atoms with Gasteiger partial charge >= 0.3 is 0 Å². The SMILES string of the molecule is CCSc1ccccc1NC(=O)COc1cccc(OC)c1. The molecule has 0 unspecified atom stereocenters. The van der Waals surface area contributed by atoms with Gasteiger partial charge in [-0.05, 0) is 30.0 Å². The van der Waals surface area contributed by atoms with E-state index in [1.165, 1.54) is 0 Å². The first-order valence-electron chi connectivity index (χ1n) is 7.01. The third kappa shape index (κ3) is 4.70. The molecule has 0 aromatic heterocycles. The highest BCUT2D eigenvalue weighted by atomic mass is 32.2. The van der Waals surface area contributed by atoms with Crippen LogP contribution in [0.15, 0.2) is 53.4 Å². The van der Waals surface area contributed by atoms with Crippen LogP contribution in [-0.4, -0.2) is 25.4 Å². The van der Waals surface area contributed by atoms with Crippen molar-refractivity contribution in [1.29, 1.82) is 0 Å². The maximum Gasteiger partial charge on any atom is 0.262 e. The molecule has 1 N–H and O–H groups in total. The molecule has 0 aliphatic rings. The number of thioether (sulfide) groups is 1. The van der Waals surface area contributed by atoms with Gasteiger partial charge in [0.15, 0.2) is 6.61 Å². The van der Waals surface area contributed by atoms with Gasteiger partial charge in [0.25, 0.3) is 5.91 Å². The van der Waals surface area contributed by atoms with E-state index in [1.807, 2.05) is 36.4 Å². The molecule has 0 saturated carbocycles. The average Bonchev–Trinajstić information content (AvgIpc) is 2.55. The molecule has 0 aliphatic heterocycles. The van der Waals surface area contributed by atoms with Crippen molar-refractivity contribution in [3.63, 3.8) is 0 Å². The first-order valence-corrected chi connectivity index (χ1v) is 8.00. The number of methoxy groups -OCH3 is 1. The van der Waals surface area contributed by atoms with Gasteiger partial charge < -0.3 is 14.8 Å². The summed E-state index contributed by atoms with van der Waals surface area (Å²) in [6.07, 6.45) is 0. The van der Waals surface area contributed by atoms with Crippen LogP contribution < -0.4 is 14.8 Å². The van der Waals surface area contributed by atoms with Crippen molar-refractivity contribution in [3.05, 3.63) is 48.5 Å². The number of carbonyl (C=O) groups excluding carboxylic acids is 1. The van der Waals surface area contributed by atoms with Crippen LogP contribution >= 0.6 is 11.8 Å². The summed E-state index contributed by atoms with van der Waals surface area (Å²) in [5.41, 5.74) is 0.814. The second-order valence-electron chi connectivity index (χ2n) is 4.45. The van der Waals surface area contributed by atoms with Gasteiger partial charge in [-0.25, -0.2) is 0 Å². The molecule has 2 aromatic carbocycles. The lowest BCUT2D eigenvalue weighted by molar-refractivity contribution is -0.118. The predicted octanol–water partition coefficient (Wildman–Crippen LogP) is 3.82. The lowest BCUT2D eigenvalue weighted by Crippen LogP contribution is -2.20. The highest BCUT2D eigenvalue weighted by Gasteiger charge is 2.07. The van der Waals surface area contributed by atoms with Crippen LogP contribution in [0.3, 0.4) is 0 Å². The Morgan fingerprint density at radius 1 is 1.14 bits per heavy atom. The zero-order valence-electron chi connectivity index (χ0n) is 12.7. The topological polar surface area (TPSA) is 47.6 Å². The molecule has 0 heterocycles. The Balaban J connectivity index is 1.93. The first kappa shape index (κ1) is 16.2. The molecule has 0 aliphatic carbocycles. The molecule has 0 bridgehead atoms. The van der Waals surface area contributed by atoms with E-state index in [2.05, 4.69) is 12.2 Å². The van der Waals surface area contributed by atoms with Crippen molar-refractivity contribution in [1.82, 2.24) is 0 Å². The van der Waals surface area contributed by atoms with E-state index < -0.39 is 0 Å². The van der Waals surface area contributed by atoms with Crippen molar-refractivity contribution in [2.24, 2.45) is 0 Å². The molecular weight excluding hydrogens is 298 g/mol. The molecule has 0 saturated heterocycles. The fourth-order valence-electron chi connectivity index (χ4n) is 1.88. The van der Waals surface area contributed by atoms with Crippen LogP contribution in [0.25, 0.3) is 0 Å². The number of hydrogen-bond acceptors (Lipinski definition) is 4. The Bertz CT molecular complexity index is 631. The maximum absolute atomic E-state index is 12.0. The van der Waals surface area contributed by atoms with Gasteiger partial charge in [0, 0.05) is 11.0 Å². The van der Waals surface area contributed by atoms with E-state index in [-0.39, 0.29) is 12.5 Å². The van der Waals surface area contributed by atoms with Crippen LogP contribution in [0.4, 0.5) is 5.69 Å². The number of carbonyl (C=O) groups is 1. The fraction of sp³-hybridized carbons (Fsp3) is 0.235. The standard InChI is InChI=1S/C17H19NO3S/c1-3-22-16-10-5-4-9-15(16)18-17(19)12-21-14-8-6-7-13(11-14)20-2/h4-11H,3,12H2,1-2H3,(H,18,19). The zero-order chi connectivity index (χ0) is 15.8. The maximum atomic E-state index is 12.0. The highest BCUT2D eigenvalue weighted by Crippen LogP contribution is 2.26. The highest BCUT2D eigenvalue weighted by molar-refractivity contribution is 7.99. The number of hydrogen-bond donors (Lipinski definition) is 1. The number of amides is 1. The lowest BCUT2D eigenvalue weighted by atomic mass is 10.3. The second-order valence-corrected chi connectivity index (χ2v) is 5.75. The summed E-state index contributed by atoms with van der Waals surface area (Å²) in [6.45, 7) is 2.04. The summed E-state index contributed by atoms with van der Waals surface area (Å²) in [5.74, 6) is 2.06. The monoisotopic (exact) mass is 317 g/mol. The molecule has 0 fully saturated rings. The molecular formula is C17H19NO3S. The van der Waals surface area contributed by atoms with Gasteiger partial charge in [-0.1, -0.05) is 25.1 Å². The van der Waals surface area contributed by atoms with Gasteiger partial charge in [0.2, 0.25) is 0 Å². The number of benzene rings is 2. The Kier molecular flexibility index (Phi) is 6.15. The van der Waals surface area contributed by atoms with Crippen LogP contribution in [-0.2, 0) is 4.79 Å². The van der Waals surface area contributed by atoms with Crippen LogP contribution in [0.5, 0.6) is 11.5 Å². The van der Waals surface area contributed by atoms with E-state index in [9.17, 15) is 4.79 Å². The van der Waals surface area contributed by atoms with Gasteiger partial charge in [0.05, 0.1) is 12.8 Å². The van der Waals surface area contributed by atoms with Crippen molar-refractivity contribution in [2.45, 2.75) is 11.8 Å². The number of anilines is 1. The quantitative estimate of drug-likeness (QED) is 0.789. The van der Waals surface area contributed by atoms with E-state index in [1.54, 1.807) is 31.0 Å². The Morgan fingerprint density at radius 2 is 1.91 bits per heavy atom. The molecule has 0 spiro atoms. The summed E-state index contributed by atoms with van der Waals surface area (Å²) in [4.78, 5) is 13.1. The third-order valence-electron chi connectivity index (χ3n) is 2.87. The third-order valence-corrected chi connectivity index (χ3v) is 3.83. The first-order chi connectivity index (χ1) is 10.7. The van der Waals surface area contributed by atoms with Crippen molar-refractivity contribution >= 4 is 23.4 Å². The minimum Gasteiger partial charge on any atom is -0.497 e. The summed E-state index contributed by atoms with van der Waals surface area (Å²) >= 11 is 1.69. The molecule has 0 radical (unpaired) electrons. The number of rotatable bonds is 7. The summed E-state index contributed by atoms with van der Waals surface area (Å²) in [5, 5.41) is 2.88. The van der Waals surface area contributed by atoms with Crippen molar-refractivity contribution < 1.29 is 14.3 Å². The predicted molar refractivity (Wildman–Crippen MR) is 90.0 cm³/mol. The van der Waals surface area contributed by atoms with Gasteiger partial charge in [0.1, 0.15) is 11.5 Å². The van der Waals surface area contributed by atoms with Gasteiger partial charge in [-0.15, -0.1) is 11.8 Å². The normalized spacial score (nSPS) is 10.1. The van der Waals surface area contributed by atoms with E-state index in [4.69, 9.17) is 9.47 Å². The largest absolute Gasteiger partial charge is 0.497 e. The lowest BCUT2D eigenvalue weighted by Gasteiger charge is -2.11. The Hall–Kier alpha value is -2.14. The Labute approximate surface area is 134 Å². The molecule has 22 heavy (non-hydrogen) atoms. The van der Waals surface area contributed by atoms with Crippen molar-refractivity contribution in [2.75, 3.05) is 24.8 Å². The number of ether oxygens (including phenoxy) is 2. The summed E-state index contributed by atoms with van der Waals surface area (Å²) in [7, 11) is 1.59. The van der Waals surface area contributed by atoms with Crippen LogP contribution in [0.2, 0.25) is 0 Å². The smallest absolute Gasteiger partial charge is 0.262 e. The number of para-hydroxylation sites is 1. The Morgan fingerprint density at radius 3 is 2.68 bits per heavy atom. The molecule has 2 aromatic rings. The molecule has 0 atom stereocenters. The van der Waals surface area contributed by atoms with Crippen molar-refractivity contribution in [3.8, 4) is 11.5 Å². The summed E-state index contributed by atoms with van der Waals surface area (Å²) < 4.78 is 10.6. The van der Waals surface area contributed by atoms with E-state index >= 15 is 0 Å². The molecule has 1 amide bonds. The van der Waals surface area contributed by atoms with Gasteiger partial charge in [-0.3, -0.25) is 4.79 Å². The summed E-state index contributed by atoms with van der Waals surface area (Å²) in [6, 6.07) is 14.9. The van der Waals surface area contributed by atoms with E-state index in [0.29, 0.717) is 11.5 Å². The molecule has 116 valence electrons. The van der Waals surface area contributed by atoms with Crippen LogP contribution in [0.1, 0.15) is 6.92 Å². The molecule has 5 heteroatoms.